The minimum Gasteiger partial charge on any atom is -0.448 e. The zero-order valence-corrected chi connectivity index (χ0v) is 10.5. The van der Waals surface area contributed by atoms with E-state index < -0.39 is 11.6 Å². The molecule has 0 saturated carbocycles. The lowest BCUT2D eigenvalue weighted by Gasteiger charge is -2.09. The number of aromatic nitrogens is 2. The van der Waals surface area contributed by atoms with Crippen LogP contribution in [0.1, 0.15) is 0 Å². The van der Waals surface area contributed by atoms with Gasteiger partial charge in [-0.1, -0.05) is 11.6 Å². The summed E-state index contributed by atoms with van der Waals surface area (Å²) in [4.78, 5) is 7.36. The molecule has 1 aromatic heterocycles. The molecule has 0 amide bonds. The van der Waals surface area contributed by atoms with Gasteiger partial charge in [0, 0.05) is 6.07 Å². The lowest BCUT2D eigenvalue weighted by Crippen LogP contribution is -1.93. The fraction of sp³-hybridized carbons (Fsp3) is 0. The second kappa shape index (κ2) is 4.93. The molecular formula is C10H4BrClF2N2O. The van der Waals surface area contributed by atoms with Crippen LogP contribution in [-0.2, 0) is 0 Å². The standard InChI is InChI=1S/C10H4BrClF2N2O/c11-6-1-5(13)2-7(14)9(6)17-8-3-15-4-16-10(8)12/h1-4H. The summed E-state index contributed by atoms with van der Waals surface area (Å²) >= 11 is 8.71. The Morgan fingerprint density at radius 2 is 2.06 bits per heavy atom. The van der Waals surface area contributed by atoms with Gasteiger partial charge in [0.1, 0.15) is 12.1 Å². The van der Waals surface area contributed by atoms with Gasteiger partial charge in [-0.3, -0.25) is 0 Å². The van der Waals surface area contributed by atoms with Crippen molar-refractivity contribution in [2.45, 2.75) is 0 Å². The Labute approximate surface area is 109 Å². The maximum Gasteiger partial charge on any atom is 0.183 e. The molecule has 0 aliphatic heterocycles. The molecule has 2 aromatic rings. The second-order valence-corrected chi connectivity index (χ2v) is 4.19. The molecule has 0 aliphatic carbocycles. The smallest absolute Gasteiger partial charge is 0.183 e. The van der Waals surface area contributed by atoms with Crippen molar-refractivity contribution in [3.05, 3.63) is 45.9 Å². The Balaban J connectivity index is 2.40. The molecule has 17 heavy (non-hydrogen) atoms. The Bertz CT molecular complexity index is 545. The van der Waals surface area contributed by atoms with Gasteiger partial charge in [-0.25, -0.2) is 18.7 Å². The number of hydrogen-bond acceptors (Lipinski definition) is 3. The summed E-state index contributed by atoms with van der Waals surface area (Å²) in [6.07, 6.45) is 2.51. The Kier molecular flexibility index (Phi) is 3.54. The molecule has 0 aliphatic rings. The molecule has 0 unspecified atom stereocenters. The average molecular weight is 322 g/mol. The van der Waals surface area contributed by atoms with Crippen LogP contribution in [0.3, 0.4) is 0 Å². The average Bonchev–Trinajstić information content (AvgIpc) is 2.25. The summed E-state index contributed by atoms with van der Waals surface area (Å²) in [7, 11) is 0. The van der Waals surface area contributed by atoms with Gasteiger partial charge in [-0.05, 0) is 22.0 Å². The maximum absolute atomic E-state index is 13.4. The number of ether oxygens (including phenoxy) is 1. The van der Waals surface area contributed by atoms with Crippen molar-refractivity contribution < 1.29 is 13.5 Å². The predicted molar refractivity (Wildman–Crippen MR) is 61.2 cm³/mol. The number of rotatable bonds is 2. The van der Waals surface area contributed by atoms with Gasteiger partial charge in [0.2, 0.25) is 0 Å². The van der Waals surface area contributed by atoms with Crippen molar-refractivity contribution in [2.75, 3.05) is 0 Å². The Morgan fingerprint density at radius 3 is 2.71 bits per heavy atom. The highest BCUT2D eigenvalue weighted by Gasteiger charge is 2.14. The van der Waals surface area contributed by atoms with Crippen molar-refractivity contribution in [2.24, 2.45) is 0 Å². The Morgan fingerprint density at radius 1 is 1.29 bits per heavy atom. The van der Waals surface area contributed by atoms with E-state index in [0.717, 1.165) is 6.07 Å². The van der Waals surface area contributed by atoms with Gasteiger partial charge < -0.3 is 4.74 Å². The fourth-order valence-electron chi connectivity index (χ4n) is 1.11. The van der Waals surface area contributed by atoms with Crippen LogP contribution in [0.2, 0.25) is 5.15 Å². The fourth-order valence-corrected chi connectivity index (χ4v) is 1.73. The quantitative estimate of drug-likeness (QED) is 0.785. The predicted octanol–water partition coefficient (Wildman–Crippen LogP) is 3.96. The normalized spacial score (nSPS) is 10.4. The summed E-state index contributed by atoms with van der Waals surface area (Å²) < 4.78 is 31.6. The Hall–Kier alpha value is -1.27. The highest BCUT2D eigenvalue weighted by atomic mass is 79.9. The zero-order valence-electron chi connectivity index (χ0n) is 8.12. The first kappa shape index (κ1) is 12.2. The van der Waals surface area contributed by atoms with E-state index in [2.05, 4.69) is 25.9 Å². The maximum atomic E-state index is 13.4. The van der Waals surface area contributed by atoms with Crippen molar-refractivity contribution in [1.29, 1.82) is 0 Å². The van der Waals surface area contributed by atoms with Crippen LogP contribution in [0.15, 0.2) is 29.1 Å². The molecule has 0 atom stereocenters. The first-order valence-electron chi connectivity index (χ1n) is 4.36. The van der Waals surface area contributed by atoms with Crippen molar-refractivity contribution in [3.63, 3.8) is 0 Å². The first-order valence-corrected chi connectivity index (χ1v) is 5.53. The molecular weight excluding hydrogens is 317 g/mol. The van der Waals surface area contributed by atoms with E-state index >= 15 is 0 Å². The van der Waals surface area contributed by atoms with Crippen LogP contribution in [0.25, 0.3) is 0 Å². The molecule has 1 heterocycles. The van der Waals surface area contributed by atoms with Crippen LogP contribution in [0.4, 0.5) is 8.78 Å². The van der Waals surface area contributed by atoms with E-state index in [-0.39, 0.29) is 21.1 Å². The lowest BCUT2D eigenvalue weighted by atomic mass is 10.3. The van der Waals surface area contributed by atoms with Crippen molar-refractivity contribution in [1.82, 2.24) is 9.97 Å². The molecule has 3 nitrogen and oxygen atoms in total. The van der Waals surface area contributed by atoms with Gasteiger partial charge in [0.05, 0.1) is 10.7 Å². The largest absolute Gasteiger partial charge is 0.448 e. The third kappa shape index (κ3) is 2.70. The molecule has 0 radical (unpaired) electrons. The third-order valence-corrected chi connectivity index (χ3v) is 2.68. The van der Waals surface area contributed by atoms with Crippen molar-refractivity contribution >= 4 is 27.5 Å². The minimum absolute atomic E-state index is 0.0376. The highest BCUT2D eigenvalue weighted by molar-refractivity contribution is 9.10. The lowest BCUT2D eigenvalue weighted by molar-refractivity contribution is 0.431. The monoisotopic (exact) mass is 320 g/mol. The number of hydrogen-bond donors (Lipinski definition) is 0. The topological polar surface area (TPSA) is 35.0 Å². The van der Waals surface area contributed by atoms with E-state index in [4.69, 9.17) is 16.3 Å². The van der Waals surface area contributed by atoms with Crippen LogP contribution in [0.5, 0.6) is 11.5 Å². The SMILES string of the molecule is Fc1cc(F)c(Oc2cncnc2Cl)c(Br)c1. The van der Waals surface area contributed by atoms with Crippen LogP contribution >= 0.6 is 27.5 Å². The van der Waals surface area contributed by atoms with Gasteiger partial charge >= 0.3 is 0 Å². The summed E-state index contributed by atoms with van der Waals surface area (Å²) in [5.74, 6) is -1.66. The number of benzene rings is 1. The van der Waals surface area contributed by atoms with E-state index in [1.54, 1.807) is 0 Å². The van der Waals surface area contributed by atoms with E-state index in [1.807, 2.05) is 0 Å². The van der Waals surface area contributed by atoms with E-state index in [1.165, 1.54) is 12.5 Å². The van der Waals surface area contributed by atoms with Crippen LogP contribution < -0.4 is 4.74 Å². The molecule has 7 heteroatoms. The molecule has 0 N–H and O–H groups in total. The van der Waals surface area contributed by atoms with Crippen molar-refractivity contribution in [3.8, 4) is 11.5 Å². The molecule has 0 spiro atoms. The number of nitrogens with zero attached hydrogens (tertiary/aromatic N) is 2. The summed E-state index contributed by atoms with van der Waals surface area (Å²) in [6.45, 7) is 0. The summed E-state index contributed by atoms with van der Waals surface area (Å²) in [5.41, 5.74) is 0. The zero-order chi connectivity index (χ0) is 12.4. The van der Waals surface area contributed by atoms with Gasteiger partial charge in [0.15, 0.2) is 22.5 Å². The molecule has 0 saturated heterocycles. The van der Waals surface area contributed by atoms with Crippen LogP contribution in [-0.4, -0.2) is 9.97 Å². The molecule has 2 rings (SSSR count). The van der Waals surface area contributed by atoms with E-state index in [9.17, 15) is 8.78 Å². The third-order valence-electron chi connectivity index (χ3n) is 1.81. The van der Waals surface area contributed by atoms with Crippen LogP contribution in [0, 0.1) is 11.6 Å². The molecule has 1 aromatic carbocycles. The summed E-state index contributed by atoms with van der Waals surface area (Å²) in [5, 5.41) is 0.0376. The minimum atomic E-state index is -0.850. The molecule has 88 valence electrons. The molecule has 0 fully saturated rings. The first-order chi connectivity index (χ1) is 8.08. The van der Waals surface area contributed by atoms with Gasteiger partial charge in [-0.15, -0.1) is 0 Å². The second-order valence-electron chi connectivity index (χ2n) is 2.98. The van der Waals surface area contributed by atoms with E-state index in [0.29, 0.717) is 6.07 Å². The number of halogens is 4. The highest BCUT2D eigenvalue weighted by Crippen LogP contribution is 2.34. The molecule has 0 bridgehead atoms. The summed E-state index contributed by atoms with van der Waals surface area (Å²) in [6, 6.07) is 1.79. The van der Waals surface area contributed by atoms with Gasteiger partial charge in [0.25, 0.3) is 0 Å². The van der Waals surface area contributed by atoms with Gasteiger partial charge in [-0.2, -0.15) is 0 Å².